The van der Waals surface area contributed by atoms with Crippen molar-refractivity contribution >= 4 is 23.7 Å². The lowest BCUT2D eigenvalue weighted by atomic mass is 10.0. The normalized spacial score (nSPS) is 18.3. The molecule has 144 valence electrons. The van der Waals surface area contributed by atoms with Gasteiger partial charge in [-0.1, -0.05) is 26.0 Å². The van der Waals surface area contributed by atoms with E-state index in [4.69, 9.17) is 4.74 Å². The number of imide groups is 1. The van der Waals surface area contributed by atoms with Crippen LogP contribution in [0.25, 0.3) is 0 Å². The van der Waals surface area contributed by atoms with Gasteiger partial charge in [0.2, 0.25) is 0 Å². The monoisotopic (exact) mass is 372 g/mol. The van der Waals surface area contributed by atoms with Crippen molar-refractivity contribution in [3.8, 4) is 0 Å². The van der Waals surface area contributed by atoms with Crippen LogP contribution in [-0.2, 0) is 14.3 Å². The lowest BCUT2D eigenvalue weighted by Gasteiger charge is -2.27. The van der Waals surface area contributed by atoms with E-state index in [9.17, 15) is 19.2 Å². The van der Waals surface area contributed by atoms with Crippen molar-refractivity contribution in [2.75, 3.05) is 0 Å². The summed E-state index contributed by atoms with van der Waals surface area (Å²) >= 11 is 0. The number of carbonyl (C=O) groups is 4. The molecule has 1 aromatic carbocycles. The minimum atomic E-state index is -1.06. The van der Waals surface area contributed by atoms with Gasteiger partial charge < -0.3 is 10.1 Å². The summed E-state index contributed by atoms with van der Waals surface area (Å²) in [6, 6.07) is 5.58. The van der Waals surface area contributed by atoms with Crippen LogP contribution in [0.3, 0.4) is 0 Å². The molecule has 27 heavy (non-hydrogen) atoms. The lowest BCUT2D eigenvalue weighted by Crippen LogP contribution is -2.48. The van der Waals surface area contributed by atoms with Crippen molar-refractivity contribution in [1.29, 1.82) is 0 Å². The Morgan fingerprint density at radius 2 is 1.67 bits per heavy atom. The molecule has 0 saturated heterocycles. The number of fused-ring (bicyclic) bond motifs is 1. The fraction of sp³-hybridized carbons (Fsp3) is 0.500. The van der Waals surface area contributed by atoms with Crippen molar-refractivity contribution in [3.63, 3.8) is 0 Å². The molecule has 0 spiro atoms. The maximum absolute atomic E-state index is 12.8. The van der Waals surface area contributed by atoms with Crippen molar-refractivity contribution in [2.24, 2.45) is 5.92 Å². The number of benzene rings is 1. The number of ether oxygens (including phenoxy) is 1. The molecule has 2 atom stereocenters. The Morgan fingerprint density at radius 1 is 1.11 bits per heavy atom. The SMILES string of the molecule is CC(C)CC(C(=O)OC(C)C(=O)NC1CC1)N1C(=O)c2ccccc2C1=O. The molecule has 7 heteroatoms. The van der Waals surface area contributed by atoms with E-state index in [0.29, 0.717) is 0 Å². The molecule has 3 rings (SSSR count). The standard InChI is InChI=1S/C20H24N2O5/c1-11(2)10-16(20(26)27-12(3)17(23)21-13-8-9-13)22-18(24)14-6-4-5-7-15(14)19(22)25/h4-7,11-13,16H,8-10H2,1-3H3,(H,21,23). The van der Waals surface area contributed by atoms with Crippen LogP contribution in [0.4, 0.5) is 0 Å². The number of amides is 3. The third-order valence-corrected chi connectivity index (χ3v) is 4.69. The number of hydrogen-bond donors (Lipinski definition) is 1. The summed E-state index contributed by atoms with van der Waals surface area (Å²) in [6.07, 6.45) is 1.14. The van der Waals surface area contributed by atoms with Crippen LogP contribution in [0.2, 0.25) is 0 Å². The van der Waals surface area contributed by atoms with E-state index in [-0.39, 0.29) is 35.4 Å². The van der Waals surface area contributed by atoms with Crippen molar-refractivity contribution < 1.29 is 23.9 Å². The zero-order valence-corrected chi connectivity index (χ0v) is 15.7. The average molecular weight is 372 g/mol. The number of esters is 1. The second kappa shape index (κ2) is 7.50. The third kappa shape index (κ3) is 4.02. The Balaban J connectivity index is 1.77. The minimum Gasteiger partial charge on any atom is -0.451 e. The first-order valence-corrected chi connectivity index (χ1v) is 9.27. The van der Waals surface area contributed by atoms with Gasteiger partial charge >= 0.3 is 5.97 Å². The first kappa shape index (κ1) is 19.1. The molecular weight excluding hydrogens is 348 g/mol. The van der Waals surface area contributed by atoms with Gasteiger partial charge in [-0.15, -0.1) is 0 Å². The smallest absolute Gasteiger partial charge is 0.330 e. The zero-order chi connectivity index (χ0) is 19.7. The fourth-order valence-electron chi connectivity index (χ4n) is 3.10. The summed E-state index contributed by atoms with van der Waals surface area (Å²) in [4.78, 5) is 51.3. The van der Waals surface area contributed by atoms with Gasteiger partial charge in [-0.2, -0.15) is 0 Å². The van der Waals surface area contributed by atoms with Crippen LogP contribution in [0.1, 0.15) is 60.7 Å². The van der Waals surface area contributed by atoms with Gasteiger partial charge in [-0.3, -0.25) is 19.3 Å². The molecule has 0 bridgehead atoms. The summed E-state index contributed by atoms with van der Waals surface area (Å²) < 4.78 is 5.31. The van der Waals surface area contributed by atoms with E-state index in [2.05, 4.69) is 5.32 Å². The van der Waals surface area contributed by atoms with Crippen LogP contribution in [0.15, 0.2) is 24.3 Å². The van der Waals surface area contributed by atoms with Gasteiger partial charge in [0.25, 0.3) is 17.7 Å². The zero-order valence-electron chi connectivity index (χ0n) is 15.7. The fourth-order valence-corrected chi connectivity index (χ4v) is 3.10. The molecule has 0 aromatic heterocycles. The second-order valence-corrected chi connectivity index (χ2v) is 7.53. The van der Waals surface area contributed by atoms with E-state index < -0.39 is 29.9 Å². The Labute approximate surface area is 158 Å². The van der Waals surface area contributed by atoms with Gasteiger partial charge in [0, 0.05) is 6.04 Å². The van der Waals surface area contributed by atoms with E-state index in [1.807, 2.05) is 13.8 Å². The quantitative estimate of drug-likeness (QED) is 0.583. The van der Waals surface area contributed by atoms with E-state index in [0.717, 1.165) is 17.7 Å². The van der Waals surface area contributed by atoms with Crippen LogP contribution >= 0.6 is 0 Å². The van der Waals surface area contributed by atoms with Gasteiger partial charge in [0.05, 0.1) is 11.1 Å². The van der Waals surface area contributed by atoms with E-state index in [1.54, 1.807) is 24.3 Å². The molecule has 7 nitrogen and oxygen atoms in total. The molecule has 1 aliphatic heterocycles. The summed E-state index contributed by atoms with van der Waals surface area (Å²) in [7, 11) is 0. The molecule has 1 heterocycles. The summed E-state index contributed by atoms with van der Waals surface area (Å²) in [5.74, 6) is -2.07. The topological polar surface area (TPSA) is 92.8 Å². The molecule has 2 unspecified atom stereocenters. The number of carbonyl (C=O) groups excluding carboxylic acids is 4. The maximum Gasteiger partial charge on any atom is 0.330 e. The predicted molar refractivity (Wildman–Crippen MR) is 96.9 cm³/mol. The minimum absolute atomic E-state index is 0.0439. The van der Waals surface area contributed by atoms with Crippen molar-refractivity contribution in [2.45, 2.75) is 58.2 Å². The highest BCUT2D eigenvalue weighted by Gasteiger charge is 2.44. The highest BCUT2D eigenvalue weighted by Crippen LogP contribution is 2.27. The number of nitrogens with zero attached hydrogens (tertiary/aromatic N) is 1. The predicted octanol–water partition coefficient (Wildman–Crippen LogP) is 1.91. The number of rotatable bonds is 7. The molecule has 1 saturated carbocycles. The Bertz CT molecular complexity index is 749. The van der Waals surface area contributed by atoms with E-state index in [1.165, 1.54) is 6.92 Å². The average Bonchev–Trinajstić information content (AvgIpc) is 3.40. The molecule has 2 aliphatic rings. The first-order chi connectivity index (χ1) is 12.8. The maximum atomic E-state index is 12.8. The third-order valence-electron chi connectivity index (χ3n) is 4.69. The molecule has 3 amide bonds. The largest absolute Gasteiger partial charge is 0.451 e. The van der Waals surface area contributed by atoms with Gasteiger partial charge in [-0.25, -0.2) is 4.79 Å². The first-order valence-electron chi connectivity index (χ1n) is 9.27. The van der Waals surface area contributed by atoms with Gasteiger partial charge in [0.1, 0.15) is 6.04 Å². The van der Waals surface area contributed by atoms with Crippen LogP contribution < -0.4 is 5.32 Å². The molecule has 1 N–H and O–H groups in total. The Morgan fingerprint density at radius 3 is 2.15 bits per heavy atom. The van der Waals surface area contributed by atoms with E-state index >= 15 is 0 Å². The van der Waals surface area contributed by atoms with Gasteiger partial charge in [0.15, 0.2) is 6.10 Å². The van der Waals surface area contributed by atoms with Crippen molar-refractivity contribution in [3.05, 3.63) is 35.4 Å². The molecular formula is C20H24N2O5. The summed E-state index contributed by atoms with van der Waals surface area (Å²) in [6.45, 7) is 5.27. The molecule has 1 aliphatic carbocycles. The highest BCUT2D eigenvalue weighted by molar-refractivity contribution is 6.22. The molecule has 1 aromatic rings. The van der Waals surface area contributed by atoms with Gasteiger partial charge in [-0.05, 0) is 44.2 Å². The Kier molecular flexibility index (Phi) is 5.30. The highest BCUT2D eigenvalue weighted by atomic mass is 16.5. The molecule has 0 radical (unpaired) electrons. The second-order valence-electron chi connectivity index (χ2n) is 7.53. The summed E-state index contributed by atoms with van der Waals surface area (Å²) in [5.41, 5.74) is 0.562. The Hall–Kier alpha value is -2.70. The van der Waals surface area contributed by atoms with Crippen LogP contribution in [-0.4, -0.2) is 46.8 Å². The lowest BCUT2D eigenvalue weighted by molar-refractivity contribution is -0.159. The molecule has 1 fully saturated rings. The summed E-state index contributed by atoms with van der Waals surface area (Å²) in [5, 5.41) is 2.78. The van der Waals surface area contributed by atoms with Crippen LogP contribution in [0.5, 0.6) is 0 Å². The van der Waals surface area contributed by atoms with Crippen molar-refractivity contribution in [1.82, 2.24) is 10.2 Å². The number of hydrogen-bond acceptors (Lipinski definition) is 5. The van der Waals surface area contributed by atoms with Crippen LogP contribution in [0, 0.1) is 5.92 Å². The number of nitrogens with one attached hydrogen (secondary N) is 1.